The van der Waals surface area contributed by atoms with Gasteiger partial charge in [-0.05, 0) is 43.0 Å². The average Bonchev–Trinajstić information content (AvgIpc) is 2.40. The molecule has 1 aromatic rings. The Balaban J connectivity index is 1.95. The molecule has 2 rings (SSSR count). The van der Waals surface area contributed by atoms with Gasteiger partial charge in [0, 0.05) is 13.1 Å². The van der Waals surface area contributed by atoms with Crippen molar-refractivity contribution in [2.45, 2.75) is 38.6 Å². The lowest BCUT2D eigenvalue weighted by atomic mass is 9.97. The number of hydrogen-bond donors (Lipinski definition) is 1. The fourth-order valence-corrected chi connectivity index (χ4v) is 2.66. The lowest BCUT2D eigenvalue weighted by Gasteiger charge is -2.29. The molecule has 2 nitrogen and oxygen atoms in total. The second-order valence-electron chi connectivity index (χ2n) is 5.21. The highest BCUT2D eigenvalue weighted by molar-refractivity contribution is 5.26. The lowest BCUT2D eigenvalue weighted by Crippen LogP contribution is -2.32. The van der Waals surface area contributed by atoms with Gasteiger partial charge in [-0.3, -0.25) is 0 Å². The Bertz CT molecular complexity index is 343. The number of likely N-dealkylation sites (tertiary alicyclic amines) is 1. The first-order valence-electron chi connectivity index (χ1n) is 6.81. The maximum absolute atomic E-state index is 5.69. The fraction of sp³-hybridized carbons (Fsp3) is 0.600. The molecule has 0 bridgehead atoms. The van der Waals surface area contributed by atoms with E-state index >= 15 is 0 Å². The largest absolute Gasteiger partial charge is 0.326 e. The minimum absolute atomic E-state index is 0.611. The Kier molecular flexibility index (Phi) is 4.57. The van der Waals surface area contributed by atoms with Crippen molar-refractivity contribution >= 4 is 0 Å². The zero-order valence-corrected chi connectivity index (χ0v) is 10.9. The summed E-state index contributed by atoms with van der Waals surface area (Å²) >= 11 is 0. The van der Waals surface area contributed by atoms with Crippen LogP contribution >= 0.6 is 0 Å². The van der Waals surface area contributed by atoms with Gasteiger partial charge in [0.25, 0.3) is 0 Å². The van der Waals surface area contributed by atoms with E-state index in [0.717, 1.165) is 0 Å². The summed E-state index contributed by atoms with van der Waals surface area (Å²) in [6, 6.07) is 8.73. The molecular weight excluding hydrogens is 208 g/mol. The highest BCUT2D eigenvalue weighted by Gasteiger charge is 2.14. The van der Waals surface area contributed by atoms with Crippen LogP contribution in [0.3, 0.4) is 0 Å². The summed E-state index contributed by atoms with van der Waals surface area (Å²) in [6.45, 7) is 6.71. The first-order chi connectivity index (χ1) is 8.29. The third-order valence-corrected chi connectivity index (χ3v) is 3.74. The molecule has 1 fully saturated rings. The zero-order chi connectivity index (χ0) is 12.1. The SMILES string of the molecule is CC(CN1CCCCC1)c1cccc(CN)c1. The molecule has 2 N–H and O–H groups in total. The van der Waals surface area contributed by atoms with Crippen molar-refractivity contribution in [1.29, 1.82) is 0 Å². The second kappa shape index (κ2) is 6.18. The van der Waals surface area contributed by atoms with Crippen LogP contribution in [0.4, 0.5) is 0 Å². The molecule has 0 radical (unpaired) electrons. The number of benzene rings is 1. The third-order valence-electron chi connectivity index (χ3n) is 3.74. The summed E-state index contributed by atoms with van der Waals surface area (Å²) in [6.07, 6.45) is 4.15. The van der Waals surface area contributed by atoms with E-state index in [1.54, 1.807) is 0 Å². The smallest absolute Gasteiger partial charge is 0.0178 e. The van der Waals surface area contributed by atoms with Crippen molar-refractivity contribution in [3.05, 3.63) is 35.4 Å². The standard InChI is InChI=1S/C15H24N2/c1-13(12-17-8-3-2-4-9-17)15-7-5-6-14(10-15)11-16/h5-7,10,13H,2-4,8-9,11-12,16H2,1H3. The van der Waals surface area contributed by atoms with Gasteiger partial charge < -0.3 is 10.6 Å². The van der Waals surface area contributed by atoms with Crippen molar-refractivity contribution in [3.63, 3.8) is 0 Å². The molecule has 1 unspecified atom stereocenters. The van der Waals surface area contributed by atoms with Crippen LogP contribution < -0.4 is 5.73 Å². The Labute approximate surface area is 105 Å². The quantitative estimate of drug-likeness (QED) is 0.865. The monoisotopic (exact) mass is 232 g/mol. The fourth-order valence-electron chi connectivity index (χ4n) is 2.66. The van der Waals surface area contributed by atoms with Gasteiger partial charge in [-0.1, -0.05) is 37.6 Å². The maximum Gasteiger partial charge on any atom is 0.0178 e. The van der Waals surface area contributed by atoms with Crippen LogP contribution in [0.2, 0.25) is 0 Å². The van der Waals surface area contributed by atoms with E-state index in [1.165, 1.54) is 50.0 Å². The number of rotatable bonds is 4. The van der Waals surface area contributed by atoms with E-state index in [4.69, 9.17) is 5.73 Å². The third kappa shape index (κ3) is 3.55. The van der Waals surface area contributed by atoms with E-state index in [-0.39, 0.29) is 0 Å². The van der Waals surface area contributed by atoms with Crippen LogP contribution in [-0.4, -0.2) is 24.5 Å². The summed E-state index contributed by atoms with van der Waals surface area (Å²) in [4.78, 5) is 2.60. The van der Waals surface area contributed by atoms with Crippen molar-refractivity contribution in [3.8, 4) is 0 Å². The van der Waals surface area contributed by atoms with E-state index in [1.807, 2.05) is 0 Å². The first kappa shape index (κ1) is 12.6. The molecule has 94 valence electrons. The van der Waals surface area contributed by atoms with Crippen molar-refractivity contribution in [1.82, 2.24) is 4.90 Å². The van der Waals surface area contributed by atoms with E-state index in [0.29, 0.717) is 12.5 Å². The summed E-state index contributed by atoms with van der Waals surface area (Å²) in [5.41, 5.74) is 8.37. The summed E-state index contributed by atoms with van der Waals surface area (Å²) < 4.78 is 0. The van der Waals surface area contributed by atoms with Crippen molar-refractivity contribution < 1.29 is 0 Å². The van der Waals surface area contributed by atoms with E-state index in [9.17, 15) is 0 Å². The lowest BCUT2D eigenvalue weighted by molar-refractivity contribution is 0.219. The van der Waals surface area contributed by atoms with Crippen LogP contribution in [0, 0.1) is 0 Å². The van der Waals surface area contributed by atoms with Crippen molar-refractivity contribution in [2.24, 2.45) is 5.73 Å². The van der Waals surface area contributed by atoms with Gasteiger partial charge in [0.1, 0.15) is 0 Å². The highest BCUT2D eigenvalue weighted by atomic mass is 15.1. The van der Waals surface area contributed by atoms with Gasteiger partial charge in [0.2, 0.25) is 0 Å². The number of piperidine rings is 1. The van der Waals surface area contributed by atoms with E-state index < -0.39 is 0 Å². The minimum atomic E-state index is 0.611. The second-order valence-corrected chi connectivity index (χ2v) is 5.21. The molecule has 0 amide bonds. The minimum Gasteiger partial charge on any atom is -0.326 e. The molecule has 1 heterocycles. The van der Waals surface area contributed by atoms with Crippen LogP contribution in [0.5, 0.6) is 0 Å². The van der Waals surface area contributed by atoms with E-state index in [2.05, 4.69) is 36.1 Å². The Hall–Kier alpha value is -0.860. The van der Waals surface area contributed by atoms with Gasteiger partial charge >= 0.3 is 0 Å². The molecular formula is C15H24N2. The average molecular weight is 232 g/mol. The summed E-state index contributed by atoms with van der Waals surface area (Å²) in [5.74, 6) is 0.611. The predicted molar refractivity (Wildman–Crippen MR) is 73.0 cm³/mol. The Morgan fingerprint density at radius 2 is 2.00 bits per heavy atom. The van der Waals surface area contributed by atoms with Gasteiger partial charge in [-0.15, -0.1) is 0 Å². The zero-order valence-electron chi connectivity index (χ0n) is 10.9. The summed E-state index contributed by atoms with van der Waals surface area (Å²) in [7, 11) is 0. The topological polar surface area (TPSA) is 29.3 Å². The molecule has 1 aliphatic heterocycles. The molecule has 17 heavy (non-hydrogen) atoms. The van der Waals surface area contributed by atoms with Gasteiger partial charge in [-0.2, -0.15) is 0 Å². The Morgan fingerprint density at radius 3 is 2.71 bits per heavy atom. The number of nitrogens with two attached hydrogens (primary N) is 1. The molecule has 0 saturated carbocycles. The summed E-state index contributed by atoms with van der Waals surface area (Å²) in [5, 5.41) is 0. The van der Waals surface area contributed by atoms with Crippen molar-refractivity contribution in [2.75, 3.05) is 19.6 Å². The molecule has 2 heteroatoms. The molecule has 1 aromatic carbocycles. The maximum atomic E-state index is 5.69. The Morgan fingerprint density at radius 1 is 1.24 bits per heavy atom. The van der Waals surface area contributed by atoms with Crippen LogP contribution in [-0.2, 0) is 6.54 Å². The molecule has 1 saturated heterocycles. The molecule has 0 aliphatic carbocycles. The number of hydrogen-bond acceptors (Lipinski definition) is 2. The highest BCUT2D eigenvalue weighted by Crippen LogP contribution is 2.20. The van der Waals surface area contributed by atoms with Gasteiger partial charge in [0.05, 0.1) is 0 Å². The normalized spacial score (nSPS) is 19.2. The molecule has 1 aliphatic rings. The van der Waals surface area contributed by atoms with Gasteiger partial charge in [0.15, 0.2) is 0 Å². The van der Waals surface area contributed by atoms with Crippen LogP contribution in [0.15, 0.2) is 24.3 Å². The van der Waals surface area contributed by atoms with Crippen LogP contribution in [0.1, 0.15) is 43.2 Å². The molecule has 1 atom stereocenters. The predicted octanol–water partition coefficient (Wildman–Crippen LogP) is 2.73. The first-order valence-corrected chi connectivity index (χ1v) is 6.81. The number of nitrogens with zero attached hydrogens (tertiary/aromatic N) is 1. The van der Waals surface area contributed by atoms with Gasteiger partial charge in [-0.25, -0.2) is 0 Å². The molecule has 0 aromatic heterocycles. The molecule has 0 spiro atoms. The van der Waals surface area contributed by atoms with Crippen LogP contribution in [0.25, 0.3) is 0 Å².